The highest BCUT2D eigenvalue weighted by molar-refractivity contribution is 5.43. The number of nitro groups is 1. The topological polar surface area (TPSA) is 72.6 Å². The predicted molar refractivity (Wildman–Crippen MR) is 55.1 cm³/mol. The average Bonchev–Trinajstić information content (AvgIpc) is 2.27. The highest BCUT2D eigenvalue weighted by atomic mass is 16.6. The fraction of sp³-hybridized carbons (Fsp3) is 0.400. The van der Waals surface area contributed by atoms with Gasteiger partial charge in [0.05, 0.1) is 18.1 Å². The summed E-state index contributed by atoms with van der Waals surface area (Å²) in [4.78, 5) is 10.1. The summed E-state index contributed by atoms with van der Waals surface area (Å²) in [6.45, 7) is 1.74. The van der Waals surface area contributed by atoms with Crippen LogP contribution < -0.4 is 4.74 Å². The zero-order valence-corrected chi connectivity index (χ0v) is 8.64. The van der Waals surface area contributed by atoms with Gasteiger partial charge in [-0.3, -0.25) is 10.1 Å². The van der Waals surface area contributed by atoms with Crippen LogP contribution in [0, 0.1) is 10.1 Å². The summed E-state index contributed by atoms with van der Waals surface area (Å²) in [6.07, 6.45) is 0. The second-order valence-electron chi connectivity index (χ2n) is 3.31. The summed E-state index contributed by atoms with van der Waals surface area (Å²) >= 11 is 0. The Morgan fingerprint density at radius 2 is 2.20 bits per heavy atom. The van der Waals surface area contributed by atoms with Crippen LogP contribution in [0.2, 0.25) is 0 Å². The molecule has 0 heterocycles. The standard InChI is InChI=1S/C10H13NO4/c1-7(6-12)8-3-9(11(13)14)5-10(4-8)15-2/h3-5,7,12H,6H2,1-2H3. The Bertz CT molecular complexity index is 364. The van der Waals surface area contributed by atoms with Gasteiger partial charge in [-0.15, -0.1) is 0 Å². The van der Waals surface area contributed by atoms with Crippen LogP contribution in [0.15, 0.2) is 18.2 Å². The molecule has 82 valence electrons. The molecule has 0 saturated carbocycles. The van der Waals surface area contributed by atoms with E-state index in [1.165, 1.54) is 19.2 Å². The maximum absolute atomic E-state index is 10.6. The van der Waals surface area contributed by atoms with Crippen LogP contribution in [0.25, 0.3) is 0 Å². The third-order valence-electron chi connectivity index (χ3n) is 2.20. The SMILES string of the molecule is COc1cc(C(C)CO)cc([N+](=O)[O-])c1. The van der Waals surface area contributed by atoms with Crippen molar-refractivity contribution in [2.45, 2.75) is 12.8 Å². The minimum atomic E-state index is -0.476. The van der Waals surface area contributed by atoms with Gasteiger partial charge in [0.25, 0.3) is 5.69 Å². The number of hydrogen-bond acceptors (Lipinski definition) is 4. The number of nitro benzene ring substituents is 1. The molecule has 0 aliphatic rings. The van der Waals surface area contributed by atoms with Gasteiger partial charge in [0.2, 0.25) is 0 Å². The van der Waals surface area contributed by atoms with Crippen LogP contribution in [0.5, 0.6) is 5.75 Å². The van der Waals surface area contributed by atoms with Gasteiger partial charge in [-0.05, 0) is 11.6 Å². The first-order valence-electron chi connectivity index (χ1n) is 4.52. The van der Waals surface area contributed by atoms with Crippen LogP contribution in [0.3, 0.4) is 0 Å². The molecule has 0 fully saturated rings. The van der Waals surface area contributed by atoms with E-state index in [4.69, 9.17) is 9.84 Å². The van der Waals surface area contributed by atoms with Gasteiger partial charge in [0, 0.05) is 18.6 Å². The molecule has 1 N–H and O–H groups in total. The molecule has 1 atom stereocenters. The lowest BCUT2D eigenvalue weighted by molar-refractivity contribution is -0.385. The molecule has 1 rings (SSSR count). The third-order valence-corrected chi connectivity index (χ3v) is 2.20. The second kappa shape index (κ2) is 4.75. The number of aliphatic hydroxyl groups is 1. The molecule has 0 radical (unpaired) electrons. The minimum Gasteiger partial charge on any atom is -0.496 e. The Hall–Kier alpha value is -1.62. The molecule has 0 aromatic heterocycles. The van der Waals surface area contributed by atoms with Gasteiger partial charge >= 0.3 is 0 Å². The average molecular weight is 211 g/mol. The van der Waals surface area contributed by atoms with Crippen LogP contribution >= 0.6 is 0 Å². The molecule has 5 heteroatoms. The fourth-order valence-electron chi connectivity index (χ4n) is 1.22. The maximum atomic E-state index is 10.6. The maximum Gasteiger partial charge on any atom is 0.273 e. The number of aliphatic hydroxyl groups excluding tert-OH is 1. The third kappa shape index (κ3) is 2.66. The van der Waals surface area contributed by atoms with Gasteiger partial charge in [-0.25, -0.2) is 0 Å². The summed E-state index contributed by atoms with van der Waals surface area (Å²) in [5.41, 5.74) is 0.674. The van der Waals surface area contributed by atoms with Gasteiger partial charge < -0.3 is 9.84 Å². The van der Waals surface area contributed by atoms with E-state index in [2.05, 4.69) is 0 Å². The predicted octanol–water partition coefficient (Wildman–Crippen LogP) is 1.70. The van der Waals surface area contributed by atoms with E-state index in [9.17, 15) is 10.1 Å². The lowest BCUT2D eigenvalue weighted by Gasteiger charge is -2.09. The largest absolute Gasteiger partial charge is 0.496 e. The quantitative estimate of drug-likeness (QED) is 0.607. The normalized spacial score (nSPS) is 12.2. The molecule has 0 amide bonds. The smallest absolute Gasteiger partial charge is 0.273 e. The number of ether oxygens (including phenoxy) is 1. The first-order valence-corrected chi connectivity index (χ1v) is 4.52. The molecule has 0 spiro atoms. The molecule has 5 nitrogen and oxygen atoms in total. The van der Waals surface area contributed by atoms with Crippen molar-refractivity contribution in [3.63, 3.8) is 0 Å². The lowest BCUT2D eigenvalue weighted by Crippen LogP contribution is -2.01. The van der Waals surface area contributed by atoms with E-state index in [-0.39, 0.29) is 18.2 Å². The molecule has 1 unspecified atom stereocenters. The van der Waals surface area contributed by atoms with Crippen molar-refractivity contribution in [3.8, 4) is 5.75 Å². The highest BCUT2D eigenvalue weighted by Crippen LogP contribution is 2.26. The molecule has 0 bridgehead atoms. The fourth-order valence-corrected chi connectivity index (χ4v) is 1.22. The number of hydrogen-bond donors (Lipinski definition) is 1. The van der Waals surface area contributed by atoms with Crippen molar-refractivity contribution in [1.82, 2.24) is 0 Å². The summed E-state index contributed by atoms with van der Waals surface area (Å²) < 4.78 is 4.95. The number of rotatable bonds is 4. The number of methoxy groups -OCH3 is 1. The van der Waals surface area contributed by atoms with E-state index in [0.717, 1.165) is 0 Å². The van der Waals surface area contributed by atoms with E-state index in [1.807, 2.05) is 0 Å². The Labute approximate surface area is 87.5 Å². The molecular weight excluding hydrogens is 198 g/mol. The van der Waals surface area contributed by atoms with Crippen LogP contribution in [0.1, 0.15) is 18.4 Å². The van der Waals surface area contributed by atoms with E-state index < -0.39 is 4.92 Å². The van der Waals surface area contributed by atoms with Gasteiger partial charge in [-0.2, -0.15) is 0 Å². The van der Waals surface area contributed by atoms with Gasteiger partial charge in [0.1, 0.15) is 5.75 Å². The Morgan fingerprint density at radius 3 is 2.67 bits per heavy atom. The summed E-state index contributed by atoms with van der Waals surface area (Å²) in [7, 11) is 1.45. The van der Waals surface area contributed by atoms with Crippen LogP contribution in [-0.2, 0) is 0 Å². The summed E-state index contributed by atoms with van der Waals surface area (Å²) in [5, 5.41) is 19.6. The molecular formula is C10H13NO4. The van der Waals surface area contributed by atoms with Crippen molar-refractivity contribution in [2.75, 3.05) is 13.7 Å². The molecule has 0 aliphatic carbocycles. The molecule has 0 saturated heterocycles. The number of non-ortho nitro benzene ring substituents is 1. The summed E-state index contributed by atoms with van der Waals surface area (Å²) in [5.74, 6) is 0.290. The zero-order valence-electron chi connectivity index (χ0n) is 8.64. The Kier molecular flexibility index (Phi) is 3.62. The van der Waals surface area contributed by atoms with Crippen molar-refractivity contribution in [1.29, 1.82) is 0 Å². The van der Waals surface area contributed by atoms with Crippen molar-refractivity contribution >= 4 is 5.69 Å². The Balaban J connectivity index is 3.16. The number of benzene rings is 1. The monoisotopic (exact) mass is 211 g/mol. The first-order chi connectivity index (χ1) is 7.08. The van der Waals surface area contributed by atoms with Crippen molar-refractivity contribution < 1.29 is 14.8 Å². The minimum absolute atomic E-state index is 0.0235. The first kappa shape index (κ1) is 11.5. The van der Waals surface area contributed by atoms with Crippen LogP contribution in [0.4, 0.5) is 5.69 Å². The van der Waals surface area contributed by atoms with Crippen molar-refractivity contribution in [2.24, 2.45) is 0 Å². The molecule has 15 heavy (non-hydrogen) atoms. The summed E-state index contributed by atoms with van der Waals surface area (Å²) in [6, 6.07) is 4.49. The molecule has 1 aromatic rings. The number of nitrogens with zero attached hydrogens (tertiary/aromatic N) is 1. The van der Waals surface area contributed by atoms with Gasteiger partial charge in [-0.1, -0.05) is 6.92 Å². The van der Waals surface area contributed by atoms with Crippen LogP contribution in [-0.4, -0.2) is 23.7 Å². The van der Waals surface area contributed by atoms with E-state index in [1.54, 1.807) is 13.0 Å². The molecule has 1 aromatic carbocycles. The van der Waals surface area contributed by atoms with E-state index >= 15 is 0 Å². The second-order valence-corrected chi connectivity index (χ2v) is 3.31. The van der Waals surface area contributed by atoms with Crippen molar-refractivity contribution in [3.05, 3.63) is 33.9 Å². The van der Waals surface area contributed by atoms with Gasteiger partial charge in [0.15, 0.2) is 0 Å². The molecule has 0 aliphatic heterocycles. The highest BCUT2D eigenvalue weighted by Gasteiger charge is 2.13. The Morgan fingerprint density at radius 1 is 1.53 bits per heavy atom. The zero-order chi connectivity index (χ0) is 11.4. The lowest BCUT2D eigenvalue weighted by atomic mass is 10.0. The van der Waals surface area contributed by atoms with E-state index in [0.29, 0.717) is 11.3 Å².